The van der Waals surface area contributed by atoms with Gasteiger partial charge in [0.15, 0.2) is 0 Å². The fourth-order valence-electron chi connectivity index (χ4n) is 1.54. The molecule has 19 heavy (non-hydrogen) atoms. The van der Waals surface area contributed by atoms with Crippen LogP contribution in [0.25, 0.3) is 0 Å². The van der Waals surface area contributed by atoms with Crippen molar-refractivity contribution >= 4 is 40.1 Å². The van der Waals surface area contributed by atoms with Crippen molar-refractivity contribution in [1.29, 1.82) is 0 Å². The van der Waals surface area contributed by atoms with Crippen molar-refractivity contribution in [2.45, 2.75) is 6.61 Å². The van der Waals surface area contributed by atoms with E-state index in [1.807, 2.05) is 24.3 Å². The number of nitrogens with two attached hydrogens (primary N) is 1. The molecule has 0 radical (unpaired) electrons. The lowest BCUT2D eigenvalue weighted by molar-refractivity contribution is 0.1000. The first-order valence-corrected chi connectivity index (χ1v) is 6.98. The van der Waals surface area contributed by atoms with Crippen LogP contribution in [0.2, 0.25) is 5.02 Å². The largest absolute Gasteiger partial charge is 0.489 e. The molecule has 0 saturated heterocycles. The van der Waals surface area contributed by atoms with E-state index in [1.54, 1.807) is 18.2 Å². The van der Waals surface area contributed by atoms with E-state index in [-0.39, 0.29) is 0 Å². The Kier molecular flexibility index (Phi) is 4.66. The zero-order valence-electron chi connectivity index (χ0n) is 9.90. The van der Waals surface area contributed by atoms with E-state index < -0.39 is 5.91 Å². The van der Waals surface area contributed by atoms with Crippen molar-refractivity contribution in [1.82, 2.24) is 0 Å². The topological polar surface area (TPSA) is 52.3 Å². The number of rotatable bonds is 4. The SMILES string of the molecule is NC(=O)c1ccc(COc2cccc(I)c2)c(Cl)c1. The van der Waals surface area contributed by atoms with Crippen molar-refractivity contribution in [3.05, 3.63) is 62.2 Å². The summed E-state index contributed by atoms with van der Waals surface area (Å²) in [6, 6.07) is 12.7. The van der Waals surface area contributed by atoms with Gasteiger partial charge in [0, 0.05) is 19.7 Å². The van der Waals surface area contributed by atoms with Crippen LogP contribution in [0.5, 0.6) is 5.75 Å². The van der Waals surface area contributed by atoms with E-state index in [1.165, 1.54) is 0 Å². The van der Waals surface area contributed by atoms with Gasteiger partial charge in [0.25, 0.3) is 0 Å². The molecule has 1 amide bonds. The average molecular weight is 388 g/mol. The van der Waals surface area contributed by atoms with E-state index in [2.05, 4.69) is 22.6 Å². The Morgan fingerprint density at radius 2 is 2.05 bits per heavy atom. The minimum absolute atomic E-state index is 0.345. The fraction of sp³-hybridized carbons (Fsp3) is 0.0714. The summed E-state index contributed by atoms with van der Waals surface area (Å²) in [5.74, 6) is 0.286. The molecule has 2 N–H and O–H groups in total. The number of primary amides is 1. The van der Waals surface area contributed by atoms with Gasteiger partial charge in [0.1, 0.15) is 12.4 Å². The quantitative estimate of drug-likeness (QED) is 0.815. The van der Waals surface area contributed by atoms with Crippen molar-refractivity contribution in [3.8, 4) is 5.75 Å². The summed E-state index contributed by atoms with van der Waals surface area (Å²) in [6.07, 6.45) is 0. The van der Waals surface area contributed by atoms with Crippen molar-refractivity contribution in [3.63, 3.8) is 0 Å². The van der Waals surface area contributed by atoms with Crippen molar-refractivity contribution < 1.29 is 9.53 Å². The van der Waals surface area contributed by atoms with Crippen LogP contribution in [0.4, 0.5) is 0 Å². The van der Waals surface area contributed by atoms with Crippen LogP contribution < -0.4 is 10.5 Å². The second-order valence-corrected chi connectivity index (χ2v) is 5.57. The van der Waals surface area contributed by atoms with Gasteiger partial charge in [0.2, 0.25) is 5.91 Å². The van der Waals surface area contributed by atoms with Crippen LogP contribution >= 0.6 is 34.2 Å². The number of hydrogen-bond acceptors (Lipinski definition) is 2. The molecule has 0 heterocycles. The number of ether oxygens (including phenoxy) is 1. The number of hydrogen-bond donors (Lipinski definition) is 1. The highest BCUT2D eigenvalue weighted by Crippen LogP contribution is 2.21. The van der Waals surface area contributed by atoms with Crippen LogP contribution in [-0.2, 0) is 6.61 Å². The highest BCUT2D eigenvalue weighted by Gasteiger charge is 2.06. The van der Waals surface area contributed by atoms with Gasteiger partial charge in [-0.1, -0.05) is 23.7 Å². The number of benzene rings is 2. The molecule has 0 fully saturated rings. The summed E-state index contributed by atoms with van der Waals surface area (Å²) < 4.78 is 6.75. The summed E-state index contributed by atoms with van der Waals surface area (Å²) in [4.78, 5) is 11.0. The van der Waals surface area contributed by atoms with Gasteiger partial charge < -0.3 is 10.5 Å². The number of halogens is 2. The molecule has 98 valence electrons. The van der Waals surface area contributed by atoms with Gasteiger partial charge in [-0.3, -0.25) is 4.79 Å². The summed E-state index contributed by atoms with van der Waals surface area (Å²) in [7, 11) is 0. The van der Waals surface area contributed by atoms with E-state index in [0.29, 0.717) is 17.2 Å². The molecule has 0 saturated carbocycles. The maximum Gasteiger partial charge on any atom is 0.248 e. The Balaban J connectivity index is 2.10. The molecular weight excluding hydrogens is 377 g/mol. The monoisotopic (exact) mass is 387 g/mol. The maximum atomic E-state index is 11.0. The fourth-order valence-corrected chi connectivity index (χ4v) is 2.29. The van der Waals surface area contributed by atoms with E-state index in [9.17, 15) is 4.79 Å². The number of carbonyl (C=O) groups excluding carboxylic acids is 1. The van der Waals surface area contributed by atoms with Gasteiger partial charge in [-0.05, 0) is 52.9 Å². The minimum Gasteiger partial charge on any atom is -0.489 e. The molecule has 0 aromatic heterocycles. The molecule has 0 bridgehead atoms. The van der Waals surface area contributed by atoms with Gasteiger partial charge in [-0.2, -0.15) is 0 Å². The lowest BCUT2D eigenvalue weighted by Gasteiger charge is -2.08. The minimum atomic E-state index is -0.494. The van der Waals surface area contributed by atoms with E-state index in [4.69, 9.17) is 22.1 Å². The molecule has 2 rings (SSSR count). The van der Waals surface area contributed by atoms with Crippen molar-refractivity contribution in [2.24, 2.45) is 5.73 Å². The number of carbonyl (C=O) groups is 1. The Morgan fingerprint density at radius 3 is 2.68 bits per heavy atom. The molecule has 0 aliphatic heterocycles. The molecule has 3 nitrogen and oxygen atoms in total. The van der Waals surface area contributed by atoms with Crippen molar-refractivity contribution in [2.75, 3.05) is 0 Å². The second-order valence-electron chi connectivity index (χ2n) is 3.92. The molecular formula is C14H11ClINO2. The lowest BCUT2D eigenvalue weighted by atomic mass is 10.1. The normalized spacial score (nSPS) is 10.2. The van der Waals surface area contributed by atoms with Gasteiger partial charge in [0.05, 0.1) is 0 Å². The summed E-state index contributed by atoms with van der Waals surface area (Å²) in [5, 5.41) is 0.474. The summed E-state index contributed by atoms with van der Waals surface area (Å²) >= 11 is 8.30. The highest BCUT2D eigenvalue weighted by molar-refractivity contribution is 14.1. The first-order valence-electron chi connectivity index (χ1n) is 5.53. The third-order valence-corrected chi connectivity index (χ3v) is 3.55. The van der Waals surface area contributed by atoms with Gasteiger partial charge in [-0.25, -0.2) is 0 Å². The molecule has 0 spiro atoms. The molecule has 5 heteroatoms. The summed E-state index contributed by atoms with van der Waals surface area (Å²) in [6.45, 7) is 0.345. The molecule has 0 atom stereocenters. The van der Waals surface area contributed by atoms with Gasteiger partial charge in [-0.15, -0.1) is 0 Å². The Hall–Kier alpha value is -1.27. The molecule has 0 aliphatic rings. The molecule has 0 aliphatic carbocycles. The zero-order chi connectivity index (χ0) is 13.8. The molecule has 2 aromatic rings. The lowest BCUT2D eigenvalue weighted by Crippen LogP contribution is -2.11. The van der Waals surface area contributed by atoms with Crippen LogP contribution in [0, 0.1) is 3.57 Å². The van der Waals surface area contributed by atoms with Gasteiger partial charge >= 0.3 is 0 Å². The van der Waals surface area contributed by atoms with E-state index in [0.717, 1.165) is 14.9 Å². The predicted octanol–water partition coefficient (Wildman–Crippen LogP) is 3.62. The predicted molar refractivity (Wildman–Crippen MR) is 83.5 cm³/mol. The van der Waals surface area contributed by atoms with E-state index >= 15 is 0 Å². The smallest absolute Gasteiger partial charge is 0.248 e. The molecule has 0 unspecified atom stereocenters. The average Bonchev–Trinajstić information content (AvgIpc) is 2.37. The standard InChI is InChI=1S/C14H11ClINO2/c15-13-6-9(14(17)18)4-5-10(13)8-19-12-3-1-2-11(16)7-12/h1-7H,8H2,(H2,17,18). The van der Waals surface area contributed by atoms with Crippen LogP contribution in [0.3, 0.4) is 0 Å². The highest BCUT2D eigenvalue weighted by atomic mass is 127. The number of amides is 1. The third-order valence-electron chi connectivity index (χ3n) is 2.53. The van der Waals surface area contributed by atoms with Crippen LogP contribution in [-0.4, -0.2) is 5.91 Å². The Labute approximate surface area is 129 Å². The summed E-state index contributed by atoms with van der Waals surface area (Å²) in [5.41, 5.74) is 6.39. The van der Waals surface area contributed by atoms with Crippen LogP contribution in [0.15, 0.2) is 42.5 Å². The third kappa shape index (κ3) is 3.84. The Morgan fingerprint density at radius 1 is 1.26 bits per heavy atom. The molecule has 2 aromatic carbocycles. The first-order chi connectivity index (χ1) is 9.06. The first kappa shape index (κ1) is 14.1. The maximum absolute atomic E-state index is 11.0. The van der Waals surface area contributed by atoms with Crippen LogP contribution in [0.1, 0.15) is 15.9 Å². The Bertz CT molecular complexity index is 616. The second kappa shape index (κ2) is 6.25. The zero-order valence-corrected chi connectivity index (χ0v) is 12.8.